The van der Waals surface area contributed by atoms with Crippen molar-refractivity contribution in [1.29, 1.82) is 5.26 Å². The molecule has 1 N–H and O–H groups in total. The SMILES string of the molecule is N#C/C(=C\c1cnn(Cc2ccccc2Cl)c1)C(=O)Nc1cc(Cl)ccc1N1CCOCC1. The molecule has 1 aliphatic heterocycles. The third-order valence-corrected chi connectivity index (χ3v) is 5.78. The number of halogens is 2. The van der Waals surface area contributed by atoms with Gasteiger partial charge in [-0.3, -0.25) is 9.48 Å². The largest absolute Gasteiger partial charge is 0.378 e. The number of morpholine rings is 1. The van der Waals surface area contributed by atoms with Gasteiger partial charge in [0.1, 0.15) is 11.6 Å². The predicted molar refractivity (Wildman–Crippen MR) is 129 cm³/mol. The van der Waals surface area contributed by atoms with Gasteiger partial charge >= 0.3 is 0 Å². The van der Waals surface area contributed by atoms with E-state index in [1.165, 1.54) is 6.08 Å². The number of hydrogen-bond donors (Lipinski definition) is 1. The summed E-state index contributed by atoms with van der Waals surface area (Å²) >= 11 is 12.4. The van der Waals surface area contributed by atoms with Crippen molar-refractivity contribution in [3.05, 3.63) is 81.6 Å². The number of ether oxygens (including phenoxy) is 1. The minimum absolute atomic E-state index is 0.0415. The molecule has 0 radical (unpaired) electrons. The molecule has 33 heavy (non-hydrogen) atoms. The van der Waals surface area contributed by atoms with Gasteiger partial charge in [-0.1, -0.05) is 41.4 Å². The first kappa shape index (κ1) is 22.9. The summed E-state index contributed by atoms with van der Waals surface area (Å²) in [5.74, 6) is -0.520. The molecule has 2 aromatic carbocycles. The Bertz CT molecular complexity index is 1230. The second-order valence-electron chi connectivity index (χ2n) is 7.45. The van der Waals surface area contributed by atoms with Crippen molar-refractivity contribution in [2.24, 2.45) is 0 Å². The van der Waals surface area contributed by atoms with Gasteiger partial charge in [-0.2, -0.15) is 10.4 Å². The lowest BCUT2D eigenvalue weighted by molar-refractivity contribution is -0.112. The van der Waals surface area contributed by atoms with Crippen LogP contribution in [0, 0.1) is 11.3 Å². The first-order valence-corrected chi connectivity index (χ1v) is 11.1. The Balaban J connectivity index is 1.51. The maximum atomic E-state index is 12.9. The van der Waals surface area contributed by atoms with E-state index in [4.69, 9.17) is 27.9 Å². The van der Waals surface area contributed by atoms with Crippen molar-refractivity contribution in [2.45, 2.75) is 6.54 Å². The molecule has 0 saturated carbocycles. The molecule has 0 atom stereocenters. The van der Waals surface area contributed by atoms with Crippen LogP contribution in [0.1, 0.15) is 11.1 Å². The van der Waals surface area contributed by atoms with Crippen LogP contribution in [0.4, 0.5) is 11.4 Å². The van der Waals surface area contributed by atoms with Crippen LogP contribution in [0.25, 0.3) is 6.08 Å². The van der Waals surface area contributed by atoms with Gasteiger partial charge in [0.15, 0.2) is 0 Å². The zero-order valence-electron chi connectivity index (χ0n) is 17.7. The average molecular weight is 482 g/mol. The molecule has 0 spiro atoms. The van der Waals surface area contributed by atoms with Crippen molar-refractivity contribution in [3.63, 3.8) is 0 Å². The lowest BCUT2D eigenvalue weighted by atomic mass is 10.1. The zero-order valence-corrected chi connectivity index (χ0v) is 19.2. The van der Waals surface area contributed by atoms with Crippen LogP contribution in [0.15, 0.2) is 60.4 Å². The number of rotatable bonds is 6. The number of nitrogens with zero attached hydrogens (tertiary/aromatic N) is 4. The van der Waals surface area contributed by atoms with Crippen molar-refractivity contribution >= 4 is 46.6 Å². The summed E-state index contributed by atoms with van der Waals surface area (Å²) in [5, 5.41) is 17.9. The normalized spacial score (nSPS) is 14.1. The molecule has 4 rings (SSSR count). The van der Waals surface area contributed by atoms with Crippen LogP contribution < -0.4 is 10.2 Å². The lowest BCUT2D eigenvalue weighted by Crippen LogP contribution is -2.36. The summed E-state index contributed by atoms with van der Waals surface area (Å²) in [7, 11) is 0. The molecule has 0 aliphatic carbocycles. The fourth-order valence-corrected chi connectivity index (χ4v) is 3.90. The third kappa shape index (κ3) is 5.74. The summed E-state index contributed by atoms with van der Waals surface area (Å²) in [5.41, 5.74) is 2.90. The Morgan fingerprint density at radius 3 is 2.76 bits per heavy atom. The molecule has 9 heteroatoms. The molecule has 7 nitrogen and oxygen atoms in total. The van der Waals surface area contributed by atoms with Gasteiger partial charge in [-0.25, -0.2) is 0 Å². The number of anilines is 2. The number of nitriles is 1. The first-order chi connectivity index (χ1) is 16.0. The van der Waals surface area contributed by atoms with E-state index in [2.05, 4.69) is 15.3 Å². The molecule has 1 saturated heterocycles. The maximum absolute atomic E-state index is 12.9. The molecule has 1 amide bonds. The van der Waals surface area contributed by atoms with Gasteiger partial charge in [0.25, 0.3) is 5.91 Å². The van der Waals surface area contributed by atoms with Gasteiger partial charge in [0, 0.05) is 34.9 Å². The second kappa shape index (κ2) is 10.5. The Morgan fingerprint density at radius 2 is 2.00 bits per heavy atom. The molecular formula is C24H21Cl2N5O2. The fraction of sp³-hybridized carbons (Fsp3) is 0.208. The van der Waals surface area contributed by atoms with Gasteiger partial charge in [-0.05, 0) is 35.9 Å². The molecule has 3 aromatic rings. The number of benzene rings is 2. The summed E-state index contributed by atoms with van der Waals surface area (Å²) in [6.45, 7) is 3.11. The van der Waals surface area contributed by atoms with Crippen molar-refractivity contribution in [2.75, 3.05) is 36.5 Å². The zero-order chi connectivity index (χ0) is 23.2. The lowest BCUT2D eigenvalue weighted by Gasteiger charge is -2.30. The Morgan fingerprint density at radius 1 is 1.21 bits per heavy atom. The number of aromatic nitrogens is 2. The smallest absolute Gasteiger partial charge is 0.266 e. The molecule has 0 unspecified atom stereocenters. The highest BCUT2D eigenvalue weighted by Crippen LogP contribution is 2.30. The number of carbonyl (C=O) groups excluding carboxylic acids is 1. The molecule has 0 bridgehead atoms. The highest BCUT2D eigenvalue weighted by atomic mass is 35.5. The van der Waals surface area contributed by atoms with Gasteiger partial charge < -0.3 is 15.0 Å². The highest BCUT2D eigenvalue weighted by molar-refractivity contribution is 6.31. The summed E-state index contributed by atoms with van der Waals surface area (Å²) in [4.78, 5) is 15.0. The molecular weight excluding hydrogens is 461 g/mol. The predicted octanol–water partition coefficient (Wildman–Crippen LogP) is 4.62. The summed E-state index contributed by atoms with van der Waals surface area (Å²) < 4.78 is 7.11. The fourth-order valence-electron chi connectivity index (χ4n) is 3.54. The Kier molecular flexibility index (Phi) is 7.30. The second-order valence-corrected chi connectivity index (χ2v) is 8.29. The standard InChI is InChI=1S/C24H21Cl2N5O2/c25-20-5-6-23(30-7-9-33-10-8-30)22(12-20)29-24(32)19(13-27)11-17-14-28-31(15-17)16-18-3-1-2-4-21(18)26/h1-6,11-12,14-15H,7-10,16H2,(H,29,32)/b19-11+. The minimum Gasteiger partial charge on any atom is -0.378 e. The van der Waals surface area contributed by atoms with Crippen LogP contribution in [0.5, 0.6) is 0 Å². The van der Waals surface area contributed by atoms with E-state index < -0.39 is 5.91 Å². The van der Waals surface area contributed by atoms with Crippen LogP contribution in [-0.2, 0) is 16.1 Å². The van der Waals surface area contributed by atoms with E-state index in [-0.39, 0.29) is 5.57 Å². The van der Waals surface area contributed by atoms with E-state index in [1.807, 2.05) is 36.4 Å². The molecule has 1 fully saturated rings. The molecule has 168 valence electrons. The van der Waals surface area contributed by atoms with Crippen LogP contribution >= 0.6 is 23.2 Å². The number of amides is 1. The van der Waals surface area contributed by atoms with E-state index >= 15 is 0 Å². The van der Waals surface area contributed by atoms with Crippen LogP contribution in [-0.4, -0.2) is 42.0 Å². The van der Waals surface area contributed by atoms with E-state index in [1.54, 1.807) is 29.2 Å². The van der Waals surface area contributed by atoms with E-state index in [0.717, 1.165) is 11.3 Å². The van der Waals surface area contributed by atoms with Crippen LogP contribution in [0.2, 0.25) is 10.0 Å². The third-order valence-electron chi connectivity index (χ3n) is 5.18. The van der Waals surface area contributed by atoms with Gasteiger partial charge in [0.05, 0.1) is 37.3 Å². The molecule has 1 aliphatic rings. The van der Waals surface area contributed by atoms with E-state index in [0.29, 0.717) is 54.1 Å². The summed E-state index contributed by atoms with van der Waals surface area (Å²) in [6.07, 6.45) is 4.86. The van der Waals surface area contributed by atoms with Crippen molar-refractivity contribution in [3.8, 4) is 6.07 Å². The van der Waals surface area contributed by atoms with Crippen LogP contribution in [0.3, 0.4) is 0 Å². The van der Waals surface area contributed by atoms with E-state index in [9.17, 15) is 10.1 Å². The van der Waals surface area contributed by atoms with Gasteiger partial charge in [-0.15, -0.1) is 0 Å². The highest BCUT2D eigenvalue weighted by Gasteiger charge is 2.18. The maximum Gasteiger partial charge on any atom is 0.266 e. The monoisotopic (exact) mass is 481 g/mol. The van der Waals surface area contributed by atoms with Crippen molar-refractivity contribution in [1.82, 2.24) is 9.78 Å². The summed E-state index contributed by atoms with van der Waals surface area (Å²) in [6, 6.07) is 14.8. The van der Waals surface area contributed by atoms with Gasteiger partial charge in [0.2, 0.25) is 0 Å². The quantitative estimate of drug-likeness (QED) is 0.410. The van der Waals surface area contributed by atoms with Crippen molar-refractivity contribution < 1.29 is 9.53 Å². The average Bonchev–Trinajstić information content (AvgIpc) is 3.26. The first-order valence-electron chi connectivity index (χ1n) is 10.3. The Hall–Kier alpha value is -3.31. The number of hydrogen-bond acceptors (Lipinski definition) is 5. The number of nitrogens with one attached hydrogen (secondary N) is 1. The number of carbonyl (C=O) groups is 1. The Labute approximate surface area is 201 Å². The minimum atomic E-state index is -0.520. The molecule has 2 heterocycles. The topological polar surface area (TPSA) is 83.2 Å². The molecule has 1 aromatic heterocycles.